The second-order valence-corrected chi connectivity index (χ2v) is 6.74. The van der Waals surface area contributed by atoms with Crippen molar-refractivity contribution in [3.8, 4) is 0 Å². The first-order valence-corrected chi connectivity index (χ1v) is 8.62. The van der Waals surface area contributed by atoms with E-state index in [0.29, 0.717) is 24.2 Å². The van der Waals surface area contributed by atoms with E-state index in [1.165, 1.54) is 12.1 Å². The lowest BCUT2D eigenvalue weighted by molar-refractivity contribution is -0.137. The van der Waals surface area contributed by atoms with Gasteiger partial charge in [-0.05, 0) is 54.7 Å². The third-order valence-corrected chi connectivity index (χ3v) is 4.80. The molecule has 1 atom stereocenters. The van der Waals surface area contributed by atoms with Gasteiger partial charge in [-0.25, -0.2) is 0 Å². The molecule has 1 aliphatic heterocycles. The van der Waals surface area contributed by atoms with Gasteiger partial charge in [-0.1, -0.05) is 25.1 Å². The van der Waals surface area contributed by atoms with E-state index in [4.69, 9.17) is 5.73 Å². The normalized spacial score (nSPS) is 15.5. The van der Waals surface area contributed by atoms with Crippen LogP contribution in [0.15, 0.2) is 42.5 Å². The molecular weight excluding hydrogens is 341 g/mol. The molecule has 3 rings (SSSR count). The topological polar surface area (TPSA) is 46.3 Å². The van der Waals surface area contributed by atoms with Crippen molar-refractivity contribution in [2.45, 2.75) is 32.4 Å². The number of hydrogen-bond donors (Lipinski definition) is 1. The van der Waals surface area contributed by atoms with E-state index in [2.05, 4.69) is 0 Å². The Bertz CT molecular complexity index is 800. The summed E-state index contributed by atoms with van der Waals surface area (Å²) in [5.41, 5.74) is 8.59. The fraction of sp³-hybridized carbons (Fsp3) is 0.350. The third kappa shape index (κ3) is 3.69. The fourth-order valence-corrected chi connectivity index (χ4v) is 3.42. The van der Waals surface area contributed by atoms with Crippen LogP contribution in [0.1, 0.15) is 30.0 Å². The average Bonchev–Trinajstić information content (AvgIpc) is 2.61. The highest BCUT2D eigenvalue weighted by atomic mass is 19.4. The van der Waals surface area contributed by atoms with E-state index < -0.39 is 11.7 Å². The van der Waals surface area contributed by atoms with Crippen LogP contribution in [0.3, 0.4) is 0 Å². The van der Waals surface area contributed by atoms with Crippen molar-refractivity contribution in [2.24, 2.45) is 5.92 Å². The number of nitrogen functional groups attached to an aromatic ring is 1. The molecule has 1 aliphatic rings. The summed E-state index contributed by atoms with van der Waals surface area (Å²) in [6.45, 7) is 2.44. The zero-order valence-corrected chi connectivity index (χ0v) is 14.5. The maximum absolute atomic E-state index is 12.9. The highest BCUT2D eigenvalue weighted by Gasteiger charge is 2.30. The molecule has 2 aromatic rings. The number of carbonyl (C=O) groups excluding carboxylic acids is 1. The van der Waals surface area contributed by atoms with Crippen molar-refractivity contribution in [1.82, 2.24) is 0 Å². The Morgan fingerprint density at radius 3 is 2.54 bits per heavy atom. The van der Waals surface area contributed by atoms with Gasteiger partial charge in [0.1, 0.15) is 0 Å². The summed E-state index contributed by atoms with van der Waals surface area (Å²) in [6.07, 6.45) is -2.26. The summed E-state index contributed by atoms with van der Waals surface area (Å²) in [7, 11) is 0. The van der Waals surface area contributed by atoms with Crippen molar-refractivity contribution in [3.05, 3.63) is 59.2 Å². The van der Waals surface area contributed by atoms with Crippen molar-refractivity contribution < 1.29 is 18.0 Å². The minimum absolute atomic E-state index is 0.0311. The molecule has 6 heteroatoms. The van der Waals surface area contributed by atoms with Crippen LogP contribution >= 0.6 is 0 Å². The summed E-state index contributed by atoms with van der Waals surface area (Å²) in [5.74, 6) is -0.365. The number of anilines is 2. The number of rotatable bonds is 3. The lowest BCUT2D eigenvalue weighted by atomic mass is 9.95. The second kappa shape index (κ2) is 7.02. The quantitative estimate of drug-likeness (QED) is 0.820. The molecule has 2 N–H and O–H groups in total. The number of halogens is 3. The summed E-state index contributed by atoms with van der Waals surface area (Å²) in [5, 5.41) is 0. The largest absolute Gasteiger partial charge is 0.416 e. The molecule has 0 spiro atoms. The first-order valence-electron chi connectivity index (χ1n) is 8.62. The van der Waals surface area contributed by atoms with Gasteiger partial charge in [0.05, 0.1) is 5.56 Å². The summed E-state index contributed by atoms with van der Waals surface area (Å²) < 4.78 is 38.0. The first-order chi connectivity index (χ1) is 12.3. The molecule has 0 aliphatic carbocycles. The van der Waals surface area contributed by atoms with Crippen molar-refractivity contribution in [3.63, 3.8) is 0 Å². The minimum atomic E-state index is -4.35. The third-order valence-electron chi connectivity index (χ3n) is 4.80. The number of nitrogens with two attached hydrogens (primary N) is 1. The summed E-state index contributed by atoms with van der Waals surface area (Å²) in [4.78, 5) is 14.7. The maximum atomic E-state index is 12.9. The number of benzene rings is 2. The molecule has 26 heavy (non-hydrogen) atoms. The highest BCUT2D eigenvalue weighted by Crippen LogP contribution is 2.33. The van der Waals surface area contributed by atoms with Crippen molar-refractivity contribution in [1.29, 1.82) is 0 Å². The molecule has 0 fully saturated rings. The molecule has 3 nitrogen and oxygen atoms in total. The van der Waals surface area contributed by atoms with Gasteiger partial charge in [0.2, 0.25) is 5.91 Å². The van der Waals surface area contributed by atoms with Gasteiger partial charge in [0.15, 0.2) is 0 Å². The molecule has 1 amide bonds. The lowest BCUT2D eigenvalue weighted by Crippen LogP contribution is -2.39. The minimum Gasteiger partial charge on any atom is -0.398 e. The molecule has 138 valence electrons. The molecule has 1 heterocycles. The zero-order chi connectivity index (χ0) is 18.9. The first kappa shape index (κ1) is 18.3. The number of nitrogens with zero attached hydrogens (tertiary/aromatic N) is 1. The second-order valence-electron chi connectivity index (χ2n) is 6.74. The molecule has 0 saturated carbocycles. The van der Waals surface area contributed by atoms with Crippen LogP contribution in [0.5, 0.6) is 0 Å². The van der Waals surface area contributed by atoms with Gasteiger partial charge in [0, 0.05) is 23.8 Å². The van der Waals surface area contributed by atoms with Crippen LogP contribution in [0.2, 0.25) is 0 Å². The van der Waals surface area contributed by atoms with E-state index in [1.54, 1.807) is 11.8 Å². The van der Waals surface area contributed by atoms with Crippen LogP contribution in [-0.4, -0.2) is 12.5 Å². The Morgan fingerprint density at radius 2 is 1.88 bits per heavy atom. The smallest absolute Gasteiger partial charge is 0.398 e. The molecule has 0 radical (unpaired) electrons. The van der Waals surface area contributed by atoms with Crippen LogP contribution in [0.25, 0.3) is 0 Å². The predicted octanol–water partition coefficient (Wildman–Crippen LogP) is 4.45. The van der Waals surface area contributed by atoms with Crippen molar-refractivity contribution in [2.75, 3.05) is 17.2 Å². The lowest BCUT2D eigenvalue weighted by Gasteiger charge is -2.32. The number of carbonyl (C=O) groups is 1. The highest BCUT2D eigenvalue weighted by molar-refractivity contribution is 5.96. The maximum Gasteiger partial charge on any atom is 0.416 e. The molecule has 2 aromatic carbocycles. The monoisotopic (exact) mass is 362 g/mol. The number of hydrogen-bond acceptors (Lipinski definition) is 2. The van der Waals surface area contributed by atoms with Crippen LogP contribution in [0, 0.1) is 5.92 Å². The van der Waals surface area contributed by atoms with Gasteiger partial charge in [-0.2, -0.15) is 13.2 Å². The van der Waals surface area contributed by atoms with Crippen LogP contribution < -0.4 is 10.6 Å². The standard InChI is InChI=1S/C20H21F3N2O/c1-13(12-14-7-9-15(10-8-14)20(21,22)23)19(26)25-11-3-4-16-17(24)5-2-6-18(16)25/h2,5-10,13H,3-4,11-12,24H2,1H3. The number of amides is 1. The Kier molecular flexibility index (Phi) is 4.94. The number of alkyl halides is 3. The van der Waals surface area contributed by atoms with Crippen molar-refractivity contribution >= 4 is 17.3 Å². The molecular formula is C20H21F3N2O. The average molecular weight is 362 g/mol. The van der Waals surface area contributed by atoms with E-state index in [-0.39, 0.29) is 11.8 Å². The van der Waals surface area contributed by atoms with Gasteiger partial charge >= 0.3 is 6.18 Å². The Labute approximate surface area is 150 Å². The van der Waals surface area contributed by atoms with E-state index in [0.717, 1.165) is 36.2 Å². The Morgan fingerprint density at radius 1 is 1.19 bits per heavy atom. The summed E-state index contributed by atoms with van der Waals surface area (Å²) >= 11 is 0. The summed E-state index contributed by atoms with van der Waals surface area (Å²) in [6, 6.07) is 10.6. The van der Waals surface area contributed by atoms with E-state index in [1.807, 2.05) is 18.2 Å². The molecule has 0 saturated heterocycles. The van der Waals surface area contributed by atoms with Gasteiger partial charge in [-0.15, -0.1) is 0 Å². The number of fused-ring (bicyclic) bond motifs is 1. The fourth-order valence-electron chi connectivity index (χ4n) is 3.42. The zero-order valence-electron chi connectivity index (χ0n) is 14.5. The van der Waals surface area contributed by atoms with Gasteiger partial charge in [0.25, 0.3) is 0 Å². The SMILES string of the molecule is CC(Cc1ccc(C(F)(F)F)cc1)C(=O)N1CCCc2c(N)cccc21. The molecule has 1 unspecified atom stereocenters. The van der Waals surface area contributed by atoms with E-state index in [9.17, 15) is 18.0 Å². The van der Waals surface area contributed by atoms with E-state index >= 15 is 0 Å². The van der Waals surface area contributed by atoms with Crippen LogP contribution in [0.4, 0.5) is 24.5 Å². The molecule has 0 aromatic heterocycles. The Hall–Kier alpha value is -2.50. The molecule has 0 bridgehead atoms. The van der Waals surface area contributed by atoms with Crippen LogP contribution in [-0.2, 0) is 23.8 Å². The predicted molar refractivity (Wildman–Crippen MR) is 95.8 cm³/mol. The van der Waals surface area contributed by atoms with Gasteiger partial charge in [-0.3, -0.25) is 4.79 Å². The Balaban J connectivity index is 1.74. The van der Waals surface area contributed by atoms with Gasteiger partial charge < -0.3 is 10.6 Å².